The average Bonchev–Trinajstić information content (AvgIpc) is 3.10. The molecular weight excluding hydrogens is 316 g/mol. The quantitative estimate of drug-likeness (QED) is 0.697. The van der Waals surface area contributed by atoms with Gasteiger partial charge in [0.15, 0.2) is 0 Å². The molecule has 0 saturated heterocycles. The summed E-state index contributed by atoms with van der Waals surface area (Å²) in [7, 11) is 0. The van der Waals surface area contributed by atoms with E-state index in [4.69, 9.17) is 14.3 Å². The van der Waals surface area contributed by atoms with Crippen LogP contribution in [0, 0.1) is 0 Å². The molecule has 0 saturated carbocycles. The van der Waals surface area contributed by atoms with Gasteiger partial charge in [0.05, 0.1) is 0 Å². The first-order valence-electron chi connectivity index (χ1n) is 8.08. The van der Waals surface area contributed by atoms with Gasteiger partial charge in [-0.15, -0.1) is 0 Å². The number of furan rings is 1. The molecule has 0 amide bonds. The third kappa shape index (κ3) is 3.74. The second-order valence-electron chi connectivity index (χ2n) is 6.38. The van der Waals surface area contributed by atoms with E-state index in [0.29, 0.717) is 11.5 Å². The molecule has 25 heavy (non-hydrogen) atoms. The van der Waals surface area contributed by atoms with Crippen LogP contribution >= 0.6 is 0 Å². The van der Waals surface area contributed by atoms with Gasteiger partial charge in [-0.25, -0.2) is 4.79 Å². The minimum Gasteiger partial charge on any atom is -0.486 e. The number of hydrogen-bond donors (Lipinski definition) is 1. The van der Waals surface area contributed by atoms with Crippen LogP contribution in [0.2, 0.25) is 0 Å². The molecule has 3 aromatic rings. The van der Waals surface area contributed by atoms with E-state index in [1.165, 1.54) is 17.2 Å². The van der Waals surface area contributed by atoms with Crippen molar-refractivity contribution in [3.8, 4) is 5.75 Å². The van der Waals surface area contributed by atoms with Gasteiger partial charge in [0.1, 0.15) is 18.1 Å². The summed E-state index contributed by atoms with van der Waals surface area (Å²) in [6, 6.07) is 21.3. The average molecular weight is 336 g/mol. The molecule has 0 unspecified atom stereocenters. The minimum atomic E-state index is -1.08. The SMILES string of the molecule is CC(C)(c1ccccc1)c1ccc(OCc2ccc(C(=O)O)o2)cc1. The zero-order valence-corrected chi connectivity index (χ0v) is 14.2. The van der Waals surface area contributed by atoms with Crippen molar-refractivity contribution in [3.05, 3.63) is 89.4 Å². The molecule has 0 aliphatic rings. The van der Waals surface area contributed by atoms with E-state index in [9.17, 15) is 4.79 Å². The number of aromatic carboxylic acids is 1. The van der Waals surface area contributed by atoms with E-state index in [0.717, 1.165) is 0 Å². The maximum atomic E-state index is 10.8. The van der Waals surface area contributed by atoms with Crippen LogP contribution in [0.25, 0.3) is 0 Å². The fourth-order valence-electron chi connectivity index (χ4n) is 2.71. The monoisotopic (exact) mass is 336 g/mol. The summed E-state index contributed by atoms with van der Waals surface area (Å²) >= 11 is 0. The highest BCUT2D eigenvalue weighted by atomic mass is 16.5. The summed E-state index contributed by atoms with van der Waals surface area (Å²) in [6.45, 7) is 4.57. The molecule has 4 nitrogen and oxygen atoms in total. The minimum absolute atomic E-state index is 0.0847. The molecule has 0 atom stereocenters. The van der Waals surface area contributed by atoms with Gasteiger partial charge in [-0.3, -0.25) is 0 Å². The van der Waals surface area contributed by atoms with Crippen LogP contribution in [-0.4, -0.2) is 11.1 Å². The van der Waals surface area contributed by atoms with Crippen LogP contribution in [0.1, 0.15) is 41.3 Å². The highest BCUT2D eigenvalue weighted by Crippen LogP contribution is 2.32. The molecule has 0 radical (unpaired) electrons. The Hall–Kier alpha value is -3.01. The third-order valence-electron chi connectivity index (χ3n) is 4.33. The molecule has 0 bridgehead atoms. The van der Waals surface area contributed by atoms with Gasteiger partial charge in [-0.2, -0.15) is 0 Å². The van der Waals surface area contributed by atoms with Crippen LogP contribution in [0.15, 0.2) is 71.1 Å². The molecule has 0 fully saturated rings. The lowest BCUT2D eigenvalue weighted by Gasteiger charge is -2.26. The zero-order chi connectivity index (χ0) is 17.9. The Kier molecular flexibility index (Phi) is 4.61. The van der Waals surface area contributed by atoms with Crippen molar-refractivity contribution < 1.29 is 19.1 Å². The van der Waals surface area contributed by atoms with Gasteiger partial charge in [0.25, 0.3) is 0 Å². The highest BCUT2D eigenvalue weighted by molar-refractivity contribution is 5.84. The van der Waals surface area contributed by atoms with E-state index in [1.54, 1.807) is 6.07 Å². The van der Waals surface area contributed by atoms with Crippen molar-refractivity contribution in [2.75, 3.05) is 0 Å². The maximum Gasteiger partial charge on any atom is 0.371 e. The number of hydrogen-bond acceptors (Lipinski definition) is 3. The predicted molar refractivity (Wildman–Crippen MR) is 95.0 cm³/mol. The largest absolute Gasteiger partial charge is 0.486 e. The van der Waals surface area contributed by atoms with Crippen LogP contribution in [-0.2, 0) is 12.0 Å². The Morgan fingerprint density at radius 1 is 0.960 bits per heavy atom. The standard InChI is InChI=1S/C21H20O4/c1-21(2,15-6-4-3-5-7-15)16-8-10-17(11-9-16)24-14-18-12-13-19(25-18)20(22)23/h3-13H,14H2,1-2H3,(H,22,23). The Bertz CT molecular complexity index is 845. The summed E-state index contributed by atoms with van der Waals surface area (Å²) in [6.07, 6.45) is 0. The number of benzene rings is 2. The molecule has 4 heteroatoms. The van der Waals surface area contributed by atoms with Crippen LogP contribution in [0.5, 0.6) is 5.75 Å². The molecule has 0 spiro atoms. The van der Waals surface area contributed by atoms with Crippen molar-refractivity contribution >= 4 is 5.97 Å². The van der Waals surface area contributed by atoms with Crippen molar-refractivity contribution in [1.82, 2.24) is 0 Å². The van der Waals surface area contributed by atoms with Crippen LogP contribution in [0.4, 0.5) is 0 Å². The second kappa shape index (κ2) is 6.85. The van der Waals surface area contributed by atoms with Gasteiger partial charge in [-0.1, -0.05) is 56.3 Å². The number of carboxylic acid groups (broad SMARTS) is 1. The van der Waals surface area contributed by atoms with Gasteiger partial charge in [0.2, 0.25) is 5.76 Å². The lowest BCUT2D eigenvalue weighted by molar-refractivity contribution is 0.0658. The lowest BCUT2D eigenvalue weighted by Crippen LogP contribution is -2.18. The summed E-state index contributed by atoms with van der Waals surface area (Å²) in [4.78, 5) is 10.8. The molecule has 128 valence electrons. The van der Waals surface area contributed by atoms with Gasteiger partial charge >= 0.3 is 5.97 Å². The smallest absolute Gasteiger partial charge is 0.371 e. The fourth-order valence-corrected chi connectivity index (χ4v) is 2.71. The van der Waals surface area contributed by atoms with E-state index in [-0.39, 0.29) is 17.8 Å². The van der Waals surface area contributed by atoms with E-state index < -0.39 is 5.97 Å². The Balaban J connectivity index is 1.68. The molecular formula is C21H20O4. The molecule has 1 heterocycles. The van der Waals surface area contributed by atoms with Gasteiger partial charge < -0.3 is 14.3 Å². The van der Waals surface area contributed by atoms with E-state index in [1.807, 2.05) is 42.5 Å². The number of carbonyl (C=O) groups is 1. The van der Waals surface area contributed by atoms with Crippen molar-refractivity contribution in [3.63, 3.8) is 0 Å². The maximum absolute atomic E-state index is 10.8. The summed E-state index contributed by atoms with van der Waals surface area (Å²) in [5, 5.41) is 8.85. The molecule has 0 aliphatic carbocycles. The third-order valence-corrected chi connectivity index (χ3v) is 4.33. The second-order valence-corrected chi connectivity index (χ2v) is 6.38. The zero-order valence-electron chi connectivity index (χ0n) is 14.2. The topological polar surface area (TPSA) is 59.7 Å². The van der Waals surface area contributed by atoms with Crippen LogP contribution < -0.4 is 4.74 Å². The predicted octanol–water partition coefficient (Wildman–Crippen LogP) is 4.88. The normalized spacial score (nSPS) is 11.3. The molecule has 0 aliphatic heterocycles. The number of ether oxygens (including phenoxy) is 1. The molecule has 1 aromatic heterocycles. The summed E-state index contributed by atoms with van der Waals surface area (Å²) in [5.41, 5.74) is 2.34. The van der Waals surface area contributed by atoms with E-state index in [2.05, 4.69) is 26.0 Å². The van der Waals surface area contributed by atoms with E-state index >= 15 is 0 Å². The number of carboxylic acids is 1. The summed E-state index contributed by atoms with van der Waals surface area (Å²) < 4.78 is 10.8. The highest BCUT2D eigenvalue weighted by Gasteiger charge is 2.22. The molecule has 3 rings (SSSR count). The van der Waals surface area contributed by atoms with Crippen LogP contribution in [0.3, 0.4) is 0 Å². The first kappa shape index (κ1) is 16.8. The van der Waals surface area contributed by atoms with Gasteiger partial charge in [0, 0.05) is 5.41 Å². The Labute approximate surface area is 146 Å². The summed E-state index contributed by atoms with van der Waals surface area (Å²) in [5.74, 6) is 0.0179. The Morgan fingerprint density at radius 3 is 2.20 bits per heavy atom. The lowest BCUT2D eigenvalue weighted by atomic mass is 9.78. The first-order chi connectivity index (χ1) is 12.0. The fraction of sp³-hybridized carbons (Fsp3) is 0.190. The number of rotatable bonds is 6. The Morgan fingerprint density at radius 2 is 1.60 bits per heavy atom. The molecule has 2 aromatic carbocycles. The molecule has 1 N–H and O–H groups in total. The van der Waals surface area contributed by atoms with Gasteiger partial charge in [-0.05, 0) is 35.4 Å². The van der Waals surface area contributed by atoms with Crippen molar-refractivity contribution in [1.29, 1.82) is 0 Å². The van der Waals surface area contributed by atoms with Crippen molar-refractivity contribution in [2.24, 2.45) is 0 Å². The first-order valence-corrected chi connectivity index (χ1v) is 8.08. The van der Waals surface area contributed by atoms with Crippen molar-refractivity contribution in [2.45, 2.75) is 25.9 Å².